The van der Waals surface area contributed by atoms with Crippen molar-refractivity contribution in [3.05, 3.63) is 0 Å². The molecular formula is C13H22N2O5. The van der Waals surface area contributed by atoms with Gasteiger partial charge in [0.15, 0.2) is 0 Å². The second-order valence-electron chi connectivity index (χ2n) is 4.97. The minimum Gasteiger partial charge on any atom is -0.481 e. The van der Waals surface area contributed by atoms with E-state index in [1.807, 2.05) is 0 Å². The first-order valence-corrected chi connectivity index (χ1v) is 6.87. The highest BCUT2D eigenvalue weighted by Crippen LogP contribution is 2.12. The van der Waals surface area contributed by atoms with E-state index in [-0.39, 0.29) is 24.9 Å². The predicted molar refractivity (Wildman–Crippen MR) is 71.2 cm³/mol. The minimum absolute atomic E-state index is 0.0418. The van der Waals surface area contributed by atoms with E-state index >= 15 is 0 Å². The van der Waals surface area contributed by atoms with Crippen LogP contribution in [-0.2, 0) is 14.3 Å². The highest BCUT2D eigenvalue weighted by atomic mass is 16.5. The van der Waals surface area contributed by atoms with Gasteiger partial charge in [-0.1, -0.05) is 0 Å². The van der Waals surface area contributed by atoms with Crippen LogP contribution in [0.1, 0.15) is 38.5 Å². The van der Waals surface area contributed by atoms with Gasteiger partial charge < -0.3 is 14.7 Å². The summed E-state index contributed by atoms with van der Waals surface area (Å²) in [5.41, 5.74) is 0. The van der Waals surface area contributed by atoms with Crippen molar-refractivity contribution in [1.29, 1.82) is 0 Å². The van der Waals surface area contributed by atoms with Gasteiger partial charge >= 0.3 is 12.0 Å². The van der Waals surface area contributed by atoms with Gasteiger partial charge in [-0.25, -0.2) is 4.79 Å². The quantitative estimate of drug-likeness (QED) is 0.680. The fourth-order valence-electron chi connectivity index (χ4n) is 2.02. The molecule has 20 heavy (non-hydrogen) atoms. The van der Waals surface area contributed by atoms with E-state index in [0.717, 1.165) is 19.4 Å². The van der Waals surface area contributed by atoms with Crippen molar-refractivity contribution in [2.75, 3.05) is 20.2 Å². The number of carboxylic acids is 1. The lowest BCUT2D eigenvalue weighted by Gasteiger charge is -2.20. The Morgan fingerprint density at radius 2 is 2.00 bits per heavy atom. The van der Waals surface area contributed by atoms with Gasteiger partial charge in [-0.3, -0.25) is 14.9 Å². The van der Waals surface area contributed by atoms with Crippen LogP contribution in [-0.4, -0.2) is 54.2 Å². The molecule has 114 valence electrons. The maximum absolute atomic E-state index is 11.7. The Bertz CT molecular complexity index is 353. The average Bonchev–Trinajstić information content (AvgIpc) is 2.87. The number of ether oxygens (including phenoxy) is 1. The summed E-state index contributed by atoms with van der Waals surface area (Å²) in [6.45, 7) is 1.20. The molecule has 1 saturated heterocycles. The van der Waals surface area contributed by atoms with Crippen LogP contribution in [0.2, 0.25) is 0 Å². The summed E-state index contributed by atoms with van der Waals surface area (Å²) in [5.74, 6) is -1.25. The Labute approximate surface area is 118 Å². The number of likely N-dealkylation sites (N-methyl/N-ethyl adjacent to an activating group) is 1. The second kappa shape index (κ2) is 8.52. The Balaban J connectivity index is 2.16. The van der Waals surface area contributed by atoms with E-state index in [4.69, 9.17) is 9.84 Å². The number of nitrogens with zero attached hydrogens (tertiary/aromatic N) is 1. The third kappa shape index (κ3) is 6.51. The van der Waals surface area contributed by atoms with Gasteiger partial charge in [0.2, 0.25) is 5.91 Å². The normalized spacial score (nSPS) is 17.8. The van der Waals surface area contributed by atoms with Crippen LogP contribution in [0, 0.1) is 0 Å². The van der Waals surface area contributed by atoms with Gasteiger partial charge in [0, 0.05) is 33.0 Å². The summed E-state index contributed by atoms with van der Waals surface area (Å²) in [5, 5.41) is 10.7. The van der Waals surface area contributed by atoms with E-state index < -0.39 is 12.0 Å². The number of amides is 3. The lowest BCUT2D eigenvalue weighted by Crippen LogP contribution is -2.43. The zero-order valence-electron chi connectivity index (χ0n) is 11.8. The lowest BCUT2D eigenvalue weighted by molar-refractivity contribution is -0.137. The van der Waals surface area contributed by atoms with Crippen molar-refractivity contribution in [2.45, 2.75) is 44.6 Å². The van der Waals surface area contributed by atoms with Gasteiger partial charge in [-0.05, 0) is 25.7 Å². The fraction of sp³-hybridized carbons (Fsp3) is 0.769. The fourth-order valence-corrected chi connectivity index (χ4v) is 2.02. The molecule has 7 heteroatoms. The molecule has 1 aliphatic heterocycles. The topological polar surface area (TPSA) is 95.9 Å². The van der Waals surface area contributed by atoms with Gasteiger partial charge in [0.1, 0.15) is 0 Å². The molecule has 1 unspecified atom stereocenters. The molecular weight excluding hydrogens is 264 g/mol. The molecule has 0 radical (unpaired) electrons. The van der Waals surface area contributed by atoms with Crippen LogP contribution in [0.4, 0.5) is 4.79 Å². The minimum atomic E-state index is -0.877. The summed E-state index contributed by atoms with van der Waals surface area (Å²) in [7, 11) is 1.62. The molecule has 1 heterocycles. The van der Waals surface area contributed by atoms with Gasteiger partial charge in [-0.2, -0.15) is 0 Å². The van der Waals surface area contributed by atoms with Crippen LogP contribution in [0.3, 0.4) is 0 Å². The standard InChI is InChI=1S/C13H22N2O5/c1-15(9-10-5-4-8-20-10)13(19)14-11(16)6-2-3-7-12(17)18/h10H,2-9H2,1H3,(H,17,18)(H,14,16,19). The third-order valence-corrected chi connectivity index (χ3v) is 3.14. The average molecular weight is 286 g/mol. The van der Waals surface area contributed by atoms with Crippen molar-refractivity contribution < 1.29 is 24.2 Å². The zero-order valence-corrected chi connectivity index (χ0v) is 11.8. The number of rotatable bonds is 7. The molecule has 7 nitrogen and oxygen atoms in total. The summed E-state index contributed by atoms with van der Waals surface area (Å²) >= 11 is 0. The van der Waals surface area contributed by atoms with Crippen LogP contribution in [0.25, 0.3) is 0 Å². The molecule has 1 rings (SSSR count). The molecule has 3 amide bonds. The van der Waals surface area contributed by atoms with Crippen LogP contribution >= 0.6 is 0 Å². The van der Waals surface area contributed by atoms with Crippen molar-refractivity contribution in [3.8, 4) is 0 Å². The first-order valence-electron chi connectivity index (χ1n) is 6.87. The zero-order chi connectivity index (χ0) is 15.0. The van der Waals surface area contributed by atoms with E-state index in [1.165, 1.54) is 4.90 Å². The molecule has 2 N–H and O–H groups in total. The monoisotopic (exact) mass is 286 g/mol. The summed E-state index contributed by atoms with van der Waals surface area (Å²) in [4.78, 5) is 35.0. The largest absolute Gasteiger partial charge is 0.481 e. The number of hydrogen-bond donors (Lipinski definition) is 2. The number of urea groups is 1. The smallest absolute Gasteiger partial charge is 0.323 e. The highest BCUT2D eigenvalue weighted by Gasteiger charge is 2.20. The van der Waals surface area contributed by atoms with Crippen molar-refractivity contribution in [2.24, 2.45) is 0 Å². The molecule has 0 aromatic rings. The van der Waals surface area contributed by atoms with Gasteiger partial charge in [-0.15, -0.1) is 0 Å². The molecule has 0 spiro atoms. The highest BCUT2D eigenvalue weighted by molar-refractivity contribution is 5.94. The predicted octanol–water partition coefficient (Wildman–Crippen LogP) is 0.978. The number of carboxylic acid groups (broad SMARTS) is 1. The maximum atomic E-state index is 11.7. The molecule has 0 bridgehead atoms. The van der Waals surface area contributed by atoms with E-state index in [9.17, 15) is 14.4 Å². The van der Waals surface area contributed by atoms with Crippen molar-refractivity contribution >= 4 is 17.9 Å². The Morgan fingerprint density at radius 3 is 2.60 bits per heavy atom. The van der Waals surface area contributed by atoms with Crippen LogP contribution in [0.15, 0.2) is 0 Å². The molecule has 1 fully saturated rings. The van der Waals surface area contributed by atoms with Crippen LogP contribution in [0.5, 0.6) is 0 Å². The Morgan fingerprint density at radius 1 is 1.30 bits per heavy atom. The van der Waals surface area contributed by atoms with E-state index in [2.05, 4.69) is 5.32 Å². The molecule has 0 aliphatic carbocycles. The Kier molecular flexibility index (Phi) is 7.00. The molecule has 0 aromatic carbocycles. The van der Waals surface area contributed by atoms with Crippen molar-refractivity contribution in [3.63, 3.8) is 0 Å². The maximum Gasteiger partial charge on any atom is 0.323 e. The first-order chi connectivity index (χ1) is 9.49. The van der Waals surface area contributed by atoms with Crippen molar-refractivity contribution in [1.82, 2.24) is 10.2 Å². The summed E-state index contributed by atoms with van der Waals surface area (Å²) in [6.07, 6.45) is 3.08. The number of aliphatic carboxylic acids is 1. The summed E-state index contributed by atoms with van der Waals surface area (Å²) < 4.78 is 5.42. The molecule has 1 atom stereocenters. The molecule has 1 aliphatic rings. The van der Waals surface area contributed by atoms with Gasteiger partial charge in [0.05, 0.1) is 6.10 Å². The number of nitrogens with one attached hydrogen (secondary N) is 1. The van der Waals surface area contributed by atoms with Gasteiger partial charge in [0.25, 0.3) is 0 Å². The number of carbonyl (C=O) groups excluding carboxylic acids is 2. The van der Waals surface area contributed by atoms with E-state index in [1.54, 1.807) is 7.05 Å². The summed E-state index contributed by atoms with van der Waals surface area (Å²) in [6, 6.07) is -0.441. The lowest BCUT2D eigenvalue weighted by atomic mass is 10.2. The first kappa shape index (κ1) is 16.4. The van der Waals surface area contributed by atoms with E-state index in [0.29, 0.717) is 19.4 Å². The molecule has 0 saturated carbocycles. The number of imide groups is 1. The Hall–Kier alpha value is -1.63. The number of carbonyl (C=O) groups is 3. The molecule has 0 aromatic heterocycles. The third-order valence-electron chi connectivity index (χ3n) is 3.14. The number of hydrogen-bond acceptors (Lipinski definition) is 4. The SMILES string of the molecule is CN(CC1CCCO1)C(=O)NC(=O)CCCCC(=O)O. The van der Waals surface area contributed by atoms with Crippen LogP contribution < -0.4 is 5.32 Å². The number of unbranched alkanes of at least 4 members (excludes halogenated alkanes) is 1. The second-order valence-corrected chi connectivity index (χ2v) is 4.97.